The molecule has 0 fully saturated rings. The molecule has 0 aliphatic rings. The number of esters is 1. The van der Waals surface area contributed by atoms with Crippen LogP contribution in [0.4, 0.5) is 5.82 Å². The van der Waals surface area contributed by atoms with Crippen LogP contribution < -0.4 is 4.74 Å². The lowest BCUT2D eigenvalue weighted by Crippen LogP contribution is -2.06. The highest BCUT2D eigenvalue weighted by Gasteiger charge is 2.15. The van der Waals surface area contributed by atoms with E-state index in [-0.39, 0.29) is 18.2 Å². The molecule has 0 saturated heterocycles. The van der Waals surface area contributed by atoms with Crippen LogP contribution in [0.2, 0.25) is 0 Å². The molecule has 1 heterocycles. The average molecular weight is 266 g/mol. The predicted octanol–water partition coefficient (Wildman–Crippen LogP) is 1.88. The second-order valence-electron chi connectivity index (χ2n) is 3.47. The van der Waals surface area contributed by atoms with Crippen molar-refractivity contribution >= 4 is 11.8 Å². The summed E-state index contributed by atoms with van der Waals surface area (Å²) in [6, 6.07) is 2.98. The first-order valence-electron chi connectivity index (χ1n) is 5.59. The van der Waals surface area contributed by atoms with Gasteiger partial charge in [-0.05, 0) is 34.5 Å². The van der Waals surface area contributed by atoms with Gasteiger partial charge in [0.1, 0.15) is 12.8 Å². The summed E-state index contributed by atoms with van der Waals surface area (Å²) >= 11 is 0. The number of carbonyl (C=O) groups is 1. The second kappa shape index (κ2) is 7.10. The standard InChI is InChI=1S/C12H14N2O5/c1-3-9(12(15)18-2)6-8-19-10-5-4-7-13-11(10)14(16)17/h4-7H,3,8H2,1-2H3. The SMILES string of the molecule is CCC(=CCOc1cccnc1[N+](=O)[O-])C(=O)OC. The third kappa shape index (κ3) is 4.06. The van der Waals surface area contributed by atoms with Gasteiger partial charge >= 0.3 is 11.8 Å². The first kappa shape index (κ1) is 14.6. The van der Waals surface area contributed by atoms with Crippen molar-refractivity contribution in [3.63, 3.8) is 0 Å². The summed E-state index contributed by atoms with van der Waals surface area (Å²) in [5.41, 5.74) is 0.453. The minimum Gasteiger partial charge on any atom is -0.481 e. The van der Waals surface area contributed by atoms with Crippen LogP contribution in [0.25, 0.3) is 0 Å². The molecule has 0 N–H and O–H groups in total. The van der Waals surface area contributed by atoms with Gasteiger partial charge in [-0.25, -0.2) is 4.79 Å². The van der Waals surface area contributed by atoms with Gasteiger partial charge in [0.05, 0.1) is 7.11 Å². The maximum absolute atomic E-state index is 11.3. The Balaban J connectivity index is 2.74. The lowest BCUT2D eigenvalue weighted by atomic mass is 10.2. The molecule has 0 bridgehead atoms. The van der Waals surface area contributed by atoms with Crippen LogP contribution in [-0.2, 0) is 9.53 Å². The summed E-state index contributed by atoms with van der Waals surface area (Å²) in [6.45, 7) is 1.83. The predicted molar refractivity (Wildman–Crippen MR) is 66.8 cm³/mol. The fourth-order valence-electron chi connectivity index (χ4n) is 1.37. The van der Waals surface area contributed by atoms with E-state index >= 15 is 0 Å². The molecule has 7 heteroatoms. The summed E-state index contributed by atoms with van der Waals surface area (Å²) in [5.74, 6) is -0.733. The maximum Gasteiger partial charge on any atom is 0.406 e. The van der Waals surface area contributed by atoms with Gasteiger partial charge in [0.25, 0.3) is 0 Å². The quantitative estimate of drug-likeness (QED) is 0.338. The van der Waals surface area contributed by atoms with E-state index in [1.54, 1.807) is 6.92 Å². The van der Waals surface area contributed by atoms with E-state index in [1.165, 1.54) is 31.5 Å². The van der Waals surface area contributed by atoms with Crippen LogP contribution in [0.1, 0.15) is 13.3 Å². The van der Waals surface area contributed by atoms with Crippen LogP contribution in [0.3, 0.4) is 0 Å². The van der Waals surface area contributed by atoms with Crippen LogP contribution in [0.15, 0.2) is 30.0 Å². The van der Waals surface area contributed by atoms with Gasteiger partial charge in [-0.3, -0.25) is 0 Å². The minimum atomic E-state index is -0.625. The molecule has 0 spiro atoms. The molecule has 0 aromatic carbocycles. The van der Waals surface area contributed by atoms with E-state index in [0.29, 0.717) is 12.0 Å². The highest BCUT2D eigenvalue weighted by molar-refractivity contribution is 5.88. The summed E-state index contributed by atoms with van der Waals surface area (Å²) < 4.78 is 9.82. The van der Waals surface area contributed by atoms with Gasteiger partial charge in [-0.15, -0.1) is 0 Å². The first-order chi connectivity index (χ1) is 9.10. The molecule has 0 aliphatic carbocycles. The molecule has 1 aromatic rings. The molecule has 0 amide bonds. The Morgan fingerprint density at radius 3 is 2.89 bits per heavy atom. The smallest absolute Gasteiger partial charge is 0.406 e. The highest BCUT2D eigenvalue weighted by Crippen LogP contribution is 2.22. The normalized spacial score (nSPS) is 10.9. The summed E-state index contributed by atoms with van der Waals surface area (Å²) in [5, 5.41) is 10.7. The van der Waals surface area contributed by atoms with Crippen molar-refractivity contribution in [2.24, 2.45) is 0 Å². The van der Waals surface area contributed by atoms with Gasteiger partial charge < -0.3 is 19.6 Å². The molecule has 1 rings (SSSR count). The number of nitro groups is 1. The molecule has 19 heavy (non-hydrogen) atoms. The van der Waals surface area contributed by atoms with E-state index in [9.17, 15) is 14.9 Å². The summed E-state index contributed by atoms with van der Waals surface area (Å²) in [4.78, 5) is 25.0. The van der Waals surface area contributed by atoms with Crippen LogP contribution in [0.5, 0.6) is 5.75 Å². The molecule has 7 nitrogen and oxygen atoms in total. The highest BCUT2D eigenvalue weighted by atomic mass is 16.6. The Morgan fingerprint density at radius 1 is 1.58 bits per heavy atom. The number of ether oxygens (including phenoxy) is 2. The van der Waals surface area contributed by atoms with Crippen molar-refractivity contribution in [3.8, 4) is 5.75 Å². The molecular formula is C12H14N2O5. The van der Waals surface area contributed by atoms with Crippen molar-refractivity contribution in [2.75, 3.05) is 13.7 Å². The second-order valence-corrected chi connectivity index (χ2v) is 3.47. The van der Waals surface area contributed by atoms with E-state index in [4.69, 9.17) is 4.74 Å². The van der Waals surface area contributed by atoms with Crippen LogP contribution >= 0.6 is 0 Å². The van der Waals surface area contributed by atoms with E-state index < -0.39 is 10.9 Å². The molecule has 102 valence electrons. The molecular weight excluding hydrogens is 252 g/mol. The van der Waals surface area contributed by atoms with E-state index in [2.05, 4.69) is 9.72 Å². The van der Waals surface area contributed by atoms with Crippen LogP contribution in [0, 0.1) is 10.1 Å². The lowest BCUT2D eigenvalue weighted by Gasteiger charge is -2.05. The minimum absolute atomic E-state index is 0.0325. The molecule has 0 saturated carbocycles. The number of hydrogen-bond acceptors (Lipinski definition) is 6. The van der Waals surface area contributed by atoms with Gasteiger partial charge in [0.15, 0.2) is 0 Å². The van der Waals surface area contributed by atoms with Crippen molar-refractivity contribution in [1.29, 1.82) is 0 Å². The Labute approximate surface area is 110 Å². The zero-order valence-corrected chi connectivity index (χ0v) is 10.7. The number of methoxy groups -OCH3 is 1. The van der Waals surface area contributed by atoms with Gasteiger partial charge in [-0.1, -0.05) is 6.92 Å². The molecule has 0 aliphatic heterocycles. The number of nitrogens with zero attached hydrogens (tertiary/aromatic N) is 2. The first-order valence-corrected chi connectivity index (χ1v) is 5.59. The monoisotopic (exact) mass is 266 g/mol. The van der Waals surface area contributed by atoms with E-state index in [1.807, 2.05) is 0 Å². The summed E-state index contributed by atoms with van der Waals surface area (Å²) in [6.07, 6.45) is 3.33. The zero-order valence-electron chi connectivity index (χ0n) is 10.7. The van der Waals surface area contributed by atoms with E-state index in [0.717, 1.165) is 0 Å². The lowest BCUT2D eigenvalue weighted by molar-refractivity contribution is -0.390. The molecule has 0 radical (unpaired) electrons. The number of pyridine rings is 1. The Kier molecular flexibility index (Phi) is 5.46. The maximum atomic E-state index is 11.3. The zero-order chi connectivity index (χ0) is 14.3. The Hall–Kier alpha value is -2.44. The van der Waals surface area contributed by atoms with Crippen molar-refractivity contribution < 1.29 is 19.2 Å². The number of carbonyl (C=O) groups excluding carboxylic acids is 1. The Morgan fingerprint density at radius 2 is 2.32 bits per heavy atom. The average Bonchev–Trinajstić information content (AvgIpc) is 2.43. The third-order valence-electron chi connectivity index (χ3n) is 2.32. The van der Waals surface area contributed by atoms with Gasteiger partial charge in [0.2, 0.25) is 5.75 Å². The largest absolute Gasteiger partial charge is 0.481 e. The van der Waals surface area contributed by atoms with Gasteiger partial charge in [0, 0.05) is 5.57 Å². The van der Waals surface area contributed by atoms with Crippen molar-refractivity contribution in [1.82, 2.24) is 4.98 Å². The van der Waals surface area contributed by atoms with Gasteiger partial charge in [-0.2, -0.15) is 0 Å². The molecule has 1 aromatic heterocycles. The molecule has 0 unspecified atom stereocenters. The van der Waals surface area contributed by atoms with Crippen molar-refractivity contribution in [2.45, 2.75) is 13.3 Å². The fourth-order valence-corrected chi connectivity index (χ4v) is 1.37. The third-order valence-corrected chi connectivity index (χ3v) is 2.32. The van der Waals surface area contributed by atoms with Crippen LogP contribution in [-0.4, -0.2) is 29.6 Å². The Bertz CT molecular complexity index is 499. The number of rotatable bonds is 6. The summed E-state index contributed by atoms with van der Waals surface area (Å²) in [7, 11) is 1.29. The topological polar surface area (TPSA) is 91.6 Å². The molecule has 0 atom stereocenters. The number of aromatic nitrogens is 1. The van der Waals surface area contributed by atoms with Crippen molar-refractivity contribution in [3.05, 3.63) is 40.1 Å². The number of hydrogen-bond donors (Lipinski definition) is 0. The fraction of sp³-hybridized carbons (Fsp3) is 0.333.